The predicted octanol–water partition coefficient (Wildman–Crippen LogP) is 0.520. The Balaban J connectivity index is 2.35. The minimum atomic E-state index is -0.517. The maximum absolute atomic E-state index is 12.0. The van der Waals surface area contributed by atoms with E-state index in [0.717, 1.165) is 0 Å². The van der Waals surface area contributed by atoms with Crippen LogP contribution < -0.4 is 11.3 Å². The number of ether oxygens (including phenoxy) is 1. The van der Waals surface area contributed by atoms with Crippen molar-refractivity contribution in [2.45, 2.75) is 13.3 Å². The lowest BCUT2D eigenvalue weighted by molar-refractivity contribution is -0.142. The molecule has 0 amide bonds. The van der Waals surface area contributed by atoms with Gasteiger partial charge in [-0.25, -0.2) is 4.98 Å². The zero-order valence-electron chi connectivity index (χ0n) is 10.9. The fourth-order valence-electron chi connectivity index (χ4n) is 1.67. The number of aromatic nitrogens is 3. The van der Waals surface area contributed by atoms with Crippen LogP contribution in [-0.2, 0) is 16.0 Å². The number of carbonyl (C=O) groups excluding carboxylic acids is 1. The monoisotopic (exact) mass is 274 g/mol. The van der Waals surface area contributed by atoms with Gasteiger partial charge in [-0.1, -0.05) is 6.07 Å². The number of carbonyl (C=O) groups is 1. The third-order valence-electron chi connectivity index (χ3n) is 2.58. The van der Waals surface area contributed by atoms with Crippen LogP contribution in [0.3, 0.4) is 0 Å². The first kappa shape index (κ1) is 13.7. The second kappa shape index (κ2) is 5.96. The summed E-state index contributed by atoms with van der Waals surface area (Å²) >= 11 is 0. The predicted molar refractivity (Wildman–Crippen MR) is 72.8 cm³/mol. The minimum absolute atomic E-state index is 0.00227. The fourth-order valence-corrected chi connectivity index (χ4v) is 1.67. The standard InChI is InChI=1S/C13H14N4O3/c1-2-20-10(18)7-8-11(14)16-12(17-13(8)19)9-5-3-4-6-15-9/h3-6H,2,7H2,1H3,(H3,14,16,17,19). The molecule has 0 bridgehead atoms. The lowest BCUT2D eigenvalue weighted by Gasteiger charge is -2.06. The van der Waals surface area contributed by atoms with Gasteiger partial charge < -0.3 is 15.5 Å². The Morgan fingerprint density at radius 2 is 2.25 bits per heavy atom. The number of aromatic amines is 1. The van der Waals surface area contributed by atoms with Gasteiger partial charge >= 0.3 is 5.97 Å². The van der Waals surface area contributed by atoms with Gasteiger partial charge in [-0.15, -0.1) is 0 Å². The molecule has 7 heteroatoms. The first-order chi connectivity index (χ1) is 9.61. The summed E-state index contributed by atoms with van der Waals surface area (Å²) in [4.78, 5) is 34.1. The Hall–Kier alpha value is -2.70. The number of nitrogens with two attached hydrogens (primary N) is 1. The molecule has 2 aromatic heterocycles. The smallest absolute Gasteiger partial charge is 0.310 e. The molecule has 0 aromatic carbocycles. The van der Waals surface area contributed by atoms with Crippen LogP contribution in [0.1, 0.15) is 12.5 Å². The molecule has 2 rings (SSSR count). The van der Waals surface area contributed by atoms with Crippen molar-refractivity contribution in [2.75, 3.05) is 12.3 Å². The molecule has 0 fully saturated rings. The molecule has 20 heavy (non-hydrogen) atoms. The van der Waals surface area contributed by atoms with Crippen molar-refractivity contribution >= 4 is 11.8 Å². The van der Waals surface area contributed by atoms with E-state index in [4.69, 9.17) is 10.5 Å². The number of rotatable bonds is 4. The number of hydrogen-bond donors (Lipinski definition) is 2. The highest BCUT2D eigenvalue weighted by Gasteiger charge is 2.15. The van der Waals surface area contributed by atoms with E-state index in [-0.39, 0.29) is 30.2 Å². The minimum Gasteiger partial charge on any atom is -0.466 e. The summed E-state index contributed by atoms with van der Waals surface area (Å²) in [6, 6.07) is 5.22. The highest BCUT2D eigenvalue weighted by molar-refractivity contribution is 5.74. The van der Waals surface area contributed by atoms with Gasteiger partial charge in [0.25, 0.3) is 5.56 Å². The number of nitrogens with one attached hydrogen (secondary N) is 1. The van der Waals surface area contributed by atoms with Gasteiger partial charge in [0.05, 0.1) is 18.6 Å². The van der Waals surface area contributed by atoms with Crippen molar-refractivity contribution in [3.05, 3.63) is 40.3 Å². The van der Waals surface area contributed by atoms with E-state index in [1.807, 2.05) is 0 Å². The van der Waals surface area contributed by atoms with Crippen molar-refractivity contribution in [1.29, 1.82) is 0 Å². The molecular formula is C13H14N4O3. The van der Waals surface area contributed by atoms with E-state index in [9.17, 15) is 9.59 Å². The molecule has 0 atom stereocenters. The second-order valence-electron chi connectivity index (χ2n) is 3.98. The molecule has 0 aliphatic carbocycles. The lowest BCUT2D eigenvalue weighted by Crippen LogP contribution is -2.22. The summed E-state index contributed by atoms with van der Waals surface area (Å²) in [5.41, 5.74) is 5.87. The van der Waals surface area contributed by atoms with E-state index in [1.165, 1.54) is 0 Å². The van der Waals surface area contributed by atoms with Gasteiger partial charge in [0.2, 0.25) is 0 Å². The zero-order valence-corrected chi connectivity index (χ0v) is 10.9. The van der Waals surface area contributed by atoms with E-state index in [2.05, 4.69) is 15.0 Å². The molecule has 3 N–H and O–H groups in total. The van der Waals surface area contributed by atoms with Crippen LogP contribution in [0.2, 0.25) is 0 Å². The maximum Gasteiger partial charge on any atom is 0.310 e. The molecule has 0 unspecified atom stereocenters. The number of pyridine rings is 1. The van der Waals surface area contributed by atoms with E-state index in [1.54, 1.807) is 31.3 Å². The van der Waals surface area contributed by atoms with Gasteiger partial charge in [0, 0.05) is 6.20 Å². The van der Waals surface area contributed by atoms with E-state index in [0.29, 0.717) is 5.69 Å². The summed E-state index contributed by atoms with van der Waals surface area (Å²) in [6.45, 7) is 1.93. The molecule has 0 saturated carbocycles. The van der Waals surface area contributed by atoms with Crippen LogP contribution in [0.4, 0.5) is 5.82 Å². The Kier molecular flexibility index (Phi) is 4.09. The second-order valence-corrected chi connectivity index (χ2v) is 3.98. The van der Waals surface area contributed by atoms with Crippen molar-refractivity contribution in [2.24, 2.45) is 0 Å². The number of esters is 1. The quantitative estimate of drug-likeness (QED) is 0.786. The van der Waals surface area contributed by atoms with Gasteiger partial charge in [0.1, 0.15) is 11.5 Å². The third-order valence-corrected chi connectivity index (χ3v) is 2.58. The van der Waals surface area contributed by atoms with Gasteiger partial charge in [-0.3, -0.25) is 14.6 Å². The number of anilines is 1. The number of hydrogen-bond acceptors (Lipinski definition) is 6. The van der Waals surface area contributed by atoms with E-state index >= 15 is 0 Å². The molecule has 2 heterocycles. The summed E-state index contributed by atoms with van der Waals surface area (Å²) in [6.07, 6.45) is 1.38. The summed E-state index contributed by atoms with van der Waals surface area (Å²) < 4.78 is 4.78. The number of nitrogens with zero attached hydrogens (tertiary/aromatic N) is 2. The highest BCUT2D eigenvalue weighted by Crippen LogP contribution is 2.12. The first-order valence-corrected chi connectivity index (χ1v) is 6.07. The molecule has 0 saturated heterocycles. The van der Waals surface area contributed by atoms with Crippen molar-refractivity contribution in [3.63, 3.8) is 0 Å². The van der Waals surface area contributed by atoms with Crippen molar-refractivity contribution in [3.8, 4) is 11.5 Å². The molecule has 104 valence electrons. The molecule has 7 nitrogen and oxygen atoms in total. The molecule has 0 radical (unpaired) electrons. The Bertz CT molecular complexity index is 667. The average Bonchev–Trinajstić information content (AvgIpc) is 2.44. The van der Waals surface area contributed by atoms with Crippen LogP contribution in [0.5, 0.6) is 0 Å². The maximum atomic E-state index is 12.0. The van der Waals surface area contributed by atoms with Crippen molar-refractivity contribution in [1.82, 2.24) is 15.0 Å². The average molecular weight is 274 g/mol. The SMILES string of the molecule is CCOC(=O)Cc1c(N)nc(-c2ccccn2)[nH]c1=O. The fraction of sp³-hybridized carbons (Fsp3) is 0.231. The number of H-pyrrole nitrogens is 1. The molecule has 2 aromatic rings. The highest BCUT2D eigenvalue weighted by atomic mass is 16.5. The van der Waals surface area contributed by atoms with Crippen molar-refractivity contribution < 1.29 is 9.53 Å². The summed E-state index contributed by atoms with van der Waals surface area (Å²) in [5, 5.41) is 0. The van der Waals surface area contributed by atoms with Gasteiger partial charge in [-0.2, -0.15) is 0 Å². The summed E-state index contributed by atoms with van der Waals surface area (Å²) in [5.74, 6) is -0.250. The van der Waals surface area contributed by atoms with Crippen LogP contribution in [0.15, 0.2) is 29.2 Å². The van der Waals surface area contributed by atoms with Gasteiger partial charge in [0.15, 0.2) is 5.82 Å². The largest absolute Gasteiger partial charge is 0.466 e. The van der Waals surface area contributed by atoms with Gasteiger partial charge in [-0.05, 0) is 19.1 Å². The molecule has 0 spiro atoms. The van der Waals surface area contributed by atoms with Crippen LogP contribution >= 0.6 is 0 Å². The van der Waals surface area contributed by atoms with E-state index < -0.39 is 11.5 Å². The molecular weight excluding hydrogens is 260 g/mol. The van der Waals surface area contributed by atoms with Crippen LogP contribution in [0, 0.1) is 0 Å². The molecule has 0 aliphatic heterocycles. The topological polar surface area (TPSA) is 111 Å². The first-order valence-electron chi connectivity index (χ1n) is 6.07. The normalized spacial score (nSPS) is 10.2. The Morgan fingerprint density at radius 1 is 1.45 bits per heavy atom. The lowest BCUT2D eigenvalue weighted by atomic mass is 10.2. The Morgan fingerprint density at radius 3 is 2.85 bits per heavy atom. The molecule has 0 aliphatic rings. The van der Waals surface area contributed by atoms with Crippen LogP contribution in [0.25, 0.3) is 11.5 Å². The Labute approximate surface area is 114 Å². The number of nitrogen functional groups attached to an aromatic ring is 1. The third kappa shape index (κ3) is 3.00. The summed E-state index contributed by atoms with van der Waals surface area (Å²) in [7, 11) is 0. The van der Waals surface area contributed by atoms with Crippen LogP contribution in [-0.4, -0.2) is 27.5 Å². The zero-order chi connectivity index (χ0) is 14.5.